The molecule has 0 saturated heterocycles. The topological polar surface area (TPSA) is 26.0 Å². The van der Waals surface area contributed by atoms with Crippen LogP contribution < -0.4 is 5.73 Å². The average molecular weight is 264 g/mol. The van der Waals surface area contributed by atoms with Gasteiger partial charge in [-0.1, -0.05) is 47.5 Å². The maximum atomic E-state index is 13.3. The maximum absolute atomic E-state index is 13.3. The third-order valence-electron chi connectivity index (χ3n) is 2.95. The third kappa shape index (κ3) is 3.09. The number of rotatable bonds is 3. The van der Waals surface area contributed by atoms with Crippen molar-refractivity contribution in [2.24, 2.45) is 5.73 Å². The Kier molecular flexibility index (Phi) is 4.00. The monoisotopic (exact) mass is 263 g/mol. The Morgan fingerprint density at radius 1 is 1.17 bits per heavy atom. The average Bonchev–Trinajstić information content (AvgIpc) is 2.35. The molecule has 0 amide bonds. The smallest absolute Gasteiger partial charge is 0.142 e. The first-order valence-corrected chi connectivity index (χ1v) is 6.20. The zero-order valence-corrected chi connectivity index (χ0v) is 10.9. The van der Waals surface area contributed by atoms with Crippen LogP contribution in [0.4, 0.5) is 4.39 Å². The van der Waals surface area contributed by atoms with Crippen LogP contribution in [-0.4, -0.2) is 0 Å². The number of halogens is 2. The van der Waals surface area contributed by atoms with Crippen LogP contribution in [-0.2, 0) is 6.42 Å². The van der Waals surface area contributed by atoms with E-state index in [-0.39, 0.29) is 11.1 Å². The molecule has 0 aromatic heterocycles. The molecule has 3 heteroatoms. The summed E-state index contributed by atoms with van der Waals surface area (Å²) in [6, 6.07) is 12.7. The molecule has 0 aliphatic rings. The highest BCUT2D eigenvalue weighted by atomic mass is 35.5. The summed E-state index contributed by atoms with van der Waals surface area (Å²) in [4.78, 5) is 0. The Labute approximate surface area is 111 Å². The number of aryl methyl sites for hydroxylation is 1. The summed E-state index contributed by atoms with van der Waals surface area (Å²) in [6.45, 7) is 2.04. The second kappa shape index (κ2) is 5.51. The quantitative estimate of drug-likeness (QED) is 0.889. The molecular weight excluding hydrogens is 249 g/mol. The van der Waals surface area contributed by atoms with E-state index in [0.717, 1.165) is 11.1 Å². The lowest BCUT2D eigenvalue weighted by Gasteiger charge is -2.12. The van der Waals surface area contributed by atoms with Crippen molar-refractivity contribution in [1.82, 2.24) is 0 Å². The van der Waals surface area contributed by atoms with E-state index in [2.05, 4.69) is 0 Å². The van der Waals surface area contributed by atoms with Crippen LogP contribution in [0.15, 0.2) is 42.5 Å². The van der Waals surface area contributed by atoms with E-state index in [1.807, 2.05) is 31.2 Å². The summed E-state index contributed by atoms with van der Waals surface area (Å²) < 4.78 is 13.3. The maximum Gasteiger partial charge on any atom is 0.142 e. The van der Waals surface area contributed by atoms with Gasteiger partial charge in [-0.05, 0) is 36.6 Å². The Bertz CT molecular complexity index is 537. The van der Waals surface area contributed by atoms with Crippen molar-refractivity contribution in [3.8, 4) is 0 Å². The van der Waals surface area contributed by atoms with E-state index in [1.54, 1.807) is 12.1 Å². The molecule has 0 aliphatic carbocycles. The van der Waals surface area contributed by atoms with E-state index in [4.69, 9.17) is 17.3 Å². The van der Waals surface area contributed by atoms with Crippen molar-refractivity contribution in [3.63, 3.8) is 0 Å². The molecule has 2 aromatic carbocycles. The Morgan fingerprint density at radius 2 is 1.83 bits per heavy atom. The van der Waals surface area contributed by atoms with Crippen molar-refractivity contribution in [3.05, 3.63) is 70.0 Å². The van der Waals surface area contributed by atoms with E-state index in [0.29, 0.717) is 6.42 Å². The van der Waals surface area contributed by atoms with Crippen LogP contribution in [0.2, 0.25) is 5.02 Å². The van der Waals surface area contributed by atoms with Gasteiger partial charge in [0.05, 0.1) is 5.02 Å². The van der Waals surface area contributed by atoms with E-state index >= 15 is 0 Å². The Balaban J connectivity index is 2.13. The van der Waals surface area contributed by atoms with Crippen molar-refractivity contribution >= 4 is 11.6 Å². The van der Waals surface area contributed by atoms with Crippen molar-refractivity contribution in [2.75, 3.05) is 0 Å². The summed E-state index contributed by atoms with van der Waals surface area (Å²) in [5, 5.41) is 0.126. The molecule has 2 N–H and O–H groups in total. The fraction of sp³-hybridized carbons (Fsp3) is 0.200. The normalized spacial score (nSPS) is 12.4. The Morgan fingerprint density at radius 3 is 2.44 bits per heavy atom. The highest BCUT2D eigenvalue weighted by Crippen LogP contribution is 2.21. The number of hydrogen-bond acceptors (Lipinski definition) is 1. The summed E-state index contributed by atoms with van der Waals surface area (Å²) >= 11 is 5.65. The molecule has 0 fully saturated rings. The molecule has 0 heterocycles. The van der Waals surface area contributed by atoms with Gasteiger partial charge in [-0.3, -0.25) is 0 Å². The minimum Gasteiger partial charge on any atom is -0.324 e. The van der Waals surface area contributed by atoms with Gasteiger partial charge in [-0.25, -0.2) is 4.39 Å². The molecule has 18 heavy (non-hydrogen) atoms. The van der Waals surface area contributed by atoms with E-state index in [9.17, 15) is 4.39 Å². The molecule has 94 valence electrons. The number of hydrogen-bond donors (Lipinski definition) is 1. The van der Waals surface area contributed by atoms with Gasteiger partial charge in [0.2, 0.25) is 0 Å². The largest absolute Gasteiger partial charge is 0.324 e. The van der Waals surface area contributed by atoms with Crippen LogP contribution in [0.1, 0.15) is 22.7 Å². The van der Waals surface area contributed by atoms with Crippen LogP contribution in [0, 0.1) is 12.7 Å². The van der Waals surface area contributed by atoms with Crippen LogP contribution in [0.3, 0.4) is 0 Å². The fourth-order valence-electron chi connectivity index (χ4n) is 1.84. The molecule has 0 radical (unpaired) electrons. The second-order valence-electron chi connectivity index (χ2n) is 4.47. The first-order valence-electron chi connectivity index (χ1n) is 5.82. The highest BCUT2D eigenvalue weighted by molar-refractivity contribution is 6.30. The van der Waals surface area contributed by atoms with E-state index < -0.39 is 5.82 Å². The predicted molar refractivity (Wildman–Crippen MR) is 73.2 cm³/mol. The molecule has 0 spiro atoms. The van der Waals surface area contributed by atoms with Crippen molar-refractivity contribution < 1.29 is 4.39 Å². The van der Waals surface area contributed by atoms with E-state index in [1.165, 1.54) is 11.6 Å². The molecule has 1 nitrogen and oxygen atoms in total. The SMILES string of the molecule is Cc1ccc(CC(N)c2ccc(Cl)c(F)c2)cc1. The molecule has 2 rings (SSSR count). The molecule has 1 unspecified atom stereocenters. The van der Waals surface area contributed by atoms with Gasteiger partial charge in [0.1, 0.15) is 5.82 Å². The summed E-state index contributed by atoms with van der Waals surface area (Å²) in [6.07, 6.45) is 0.682. The molecule has 2 aromatic rings. The number of benzene rings is 2. The zero-order chi connectivity index (χ0) is 13.1. The van der Waals surface area contributed by atoms with Gasteiger partial charge in [0, 0.05) is 6.04 Å². The molecule has 1 atom stereocenters. The minimum atomic E-state index is -0.423. The Hall–Kier alpha value is -1.38. The predicted octanol–water partition coefficient (Wildman–Crippen LogP) is 4.03. The van der Waals surface area contributed by atoms with Crippen LogP contribution >= 0.6 is 11.6 Å². The summed E-state index contributed by atoms with van der Waals surface area (Å²) in [7, 11) is 0. The van der Waals surface area contributed by atoms with Crippen molar-refractivity contribution in [1.29, 1.82) is 0 Å². The lowest BCUT2D eigenvalue weighted by Crippen LogP contribution is -2.13. The lowest BCUT2D eigenvalue weighted by molar-refractivity contribution is 0.619. The number of nitrogens with two attached hydrogens (primary N) is 1. The van der Waals surface area contributed by atoms with Gasteiger partial charge >= 0.3 is 0 Å². The highest BCUT2D eigenvalue weighted by Gasteiger charge is 2.09. The van der Waals surface area contributed by atoms with Gasteiger partial charge in [0.15, 0.2) is 0 Å². The van der Waals surface area contributed by atoms with Crippen LogP contribution in [0.5, 0.6) is 0 Å². The van der Waals surface area contributed by atoms with Crippen LogP contribution in [0.25, 0.3) is 0 Å². The minimum absolute atomic E-state index is 0.126. The van der Waals surface area contributed by atoms with Gasteiger partial charge in [-0.2, -0.15) is 0 Å². The lowest BCUT2D eigenvalue weighted by atomic mass is 9.99. The summed E-state index contributed by atoms with van der Waals surface area (Å²) in [5.74, 6) is -0.423. The van der Waals surface area contributed by atoms with Gasteiger partial charge in [-0.15, -0.1) is 0 Å². The molecular formula is C15H15ClFN. The zero-order valence-electron chi connectivity index (χ0n) is 10.2. The molecule has 0 bridgehead atoms. The first kappa shape index (κ1) is 13.1. The standard InChI is InChI=1S/C15H15ClFN/c1-10-2-4-11(5-3-10)8-15(18)12-6-7-13(16)14(17)9-12/h2-7,9,15H,8,18H2,1H3. The molecule has 0 aliphatic heterocycles. The third-order valence-corrected chi connectivity index (χ3v) is 3.25. The summed E-state index contributed by atoms with van der Waals surface area (Å²) in [5.41, 5.74) is 9.19. The van der Waals surface area contributed by atoms with Gasteiger partial charge < -0.3 is 5.73 Å². The molecule has 0 saturated carbocycles. The fourth-order valence-corrected chi connectivity index (χ4v) is 1.96. The second-order valence-corrected chi connectivity index (χ2v) is 4.88. The van der Waals surface area contributed by atoms with Crippen molar-refractivity contribution in [2.45, 2.75) is 19.4 Å². The first-order chi connectivity index (χ1) is 8.56. The van der Waals surface area contributed by atoms with Gasteiger partial charge in [0.25, 0.3) is 0 Å².